The van der Waals surface area contributed by atoms with Crippen molar-refractivity contribution >= 4 is 58.7 Å². The molecule has 1 aromatic carbocycles. The zero-order chi connectivity index (χ0) is 57.3. The molecule has 19 nitrogen and oxygen atoms in total. The Balaban J connectivity index is 0.660. The van der Waals surface area contributed by atoms with Crippen LogP contribution in [0.3, 0.4) is 0 Å². The molecule has 436 valence electrons. The van der Waals surface area contributed by atoms with Gasteiger partial charge in [-0.25, -0.2) is 4.98 Å². The van der Waals surface area contributed by atoms with Gasteiger partial charge in [0.05, 0.1) is 22.2 Å². The Kier molecular flexibility index (Phi) is 21.9. The molecule has 3 aromatic heterocycles. The van der Waals surface area contributed by atoms with E-state index in [4.69, 9.17) is 0 Å². The number of nitrogens with zero attached hydrogens (tertiary/aromatic N) is 9. The van der Waals surface area contributed by atoms with Gasteiger partial charge in [-0.1, -0.05) is 76.8 Å². The molecule has 0 unspecified atom stereocenters. The molecule has 8 rings (SSSR count). The van der Waals surface area contributed by atoms with E-state index in [1.165, 1.54) is 4.90 Å². The summed E-state index contributed by atoms with van der Waals surface area (Å²) in [4.78, 5) is 99.2. The van der Waals surface area contributed by atoms with E-state index in [0.29, 0.717) is 63.2 Å². The minimum atomic E-state index is -0.886. The summed E-state index contributed by atoms with van der Waals surface area (Å²) in [6.07, 6.45) is 16.6. The van der Waals surface area contributed by atoms with E-state index in [2.05, 4.69) is 45.9 Å². The molecule has 3 atom stereocenters. The van der Waals surface area contributed by atoms with Crippen LogP contribution < -0.4 is 20.9 Å². The molecule has 7 heterocycles. The molecule has 0 radical (unpaired) electrons. The summed E-state index contributed by atoms with van der Waals surface area (Å²) in [5.74, 6) is 0.393. The van der Waals surface area contributed by atoms with Crippen molar-refractivity contribution < 1.29 is 33.9 Å². The van der Waals surface area contributed by atoms with Gasteiger partial charge in [-0.05, 0) is 104 Å². The number of β-amino-alcohol motifs (C(OH)–C–C–N with tert-alkyl or cyclic N) is 1. The number of aromatic nitrogens is 4. The van der Waals surface area contributed by atoms with Crippen LogP contribution in [-0.2, 0) is 30.5 Å². The Hall–Kier alpha value is -6.64. The lowest BCUT2D eigenvalue weighted by molar-refractivity contribution is -0.144. The number of aryl methyl sites for hydroxylation is 1. The molecule has 4 saturated heterocycles. The van der Waals surface area contributed by atoms with Gasteiger partial charge in [0, 0.05) is 116 Å². The van der Waals surface area contributed by atoms with Crippen molar-refractivity contribution in [1.29, 1.82) is 0 Å². The number of aliphatic hydroxyl groups excluding tert-OH is 1. The van der Waals surface area contributed by atoms with E-state index in [-0.39, 0.29) is 61.4 Å². The maximum Gasteiger partial charge on any atom is 0.274 e. The lowest BCUT2D eigenvalue weighted by Gasteiger charge is -2.43. The molecule has 4 aliphatic heterocycles. The summed E-state index contributed by atoms with van der Waals surface area (Å²) in [5.41, 5.74) is 5.38. The minimum absolute atomic E-state index is 0.0137. The van der Waals surface area contributed by atoms with Crippen molar-refractivity contribution in [2.24, 2.45) is 11.3 Å². The largest absolute Gasteiger partial charge is 0.391 e. The topological polar surface area (TPSA) is 226 Å². The van der Waals surface area contributed by atoms with Gasteiger partial charge >= 0.3 is 0 Å². The summed E-state index contributed by atoms with van der Waals surface area (Å²) in [7, 11) is 0. The second-order valence-electron chi connectivity index (χ2n) is 23.4. The number of unbranched alkanes of at least 4 members (excludes halogenated alkanes) is 4. The van der Waals surface area contributed by atoms with E-state index in [1.54, 1.807) is 35.9 Å². The quantitative estimate of drug-likeness (QED) is 0.0466. The molecule has 4 fully saturated rings. The Bertz CT molecular complexity index is 2730. The number of piperazine rings is 1. The first-order chi connectivity index (χ1) is 39.1. The van der Waals surface area contributed by atoms with Crippen molar-refractivity contribution in [2.45, 2.75) is 148 Å². The van der Waals surface area contributed by atoms with Gasteiger partial charge in [0.1, 0.15) is 12.1 Å². The molecule has 0 bridgehead atoms. The van der Waals surface area contributed by atoms with Crippen molar-refractivity contribution in [3.63, 3.8) is 0 Å². The van der Waals surface area contributed by atoms with Crippen LogP contribution in [0, 0.1) is 18.3 Å². The number of hydrogen-bond acceptors (Lipinski definition) is 14. The zero-order valence-corrected chi connectivity index (χ0v) is 48.7. The van der Waals surface area contributed by atoms with E-state index in [1.807, 2.05) is 91.5 Å². The van der Waals surface area contributed by atoms with Crippen molar-refractivity contribution in [3.05, 3.63) is 95.0 Å². The van der Waals surface area contributed by atoms with Crippen LogP contribution in [0.1, 0.15) is 138 Å². The average molecular weight is 1130 g/mol. The first kappa shape index (κ1) is 60.5. The summed E-state index contributed by atoms with van der Waals surface area (Å²) in [6, 6.07) is 14.1. The molecule has 81 heavy (non-hydrogen) atoms. The number of hydrogen-bond donors (Lipinski definition) is 4. The molecule has 0 saturated carbocycles. The minimum Gasteiger partial charge on any atom is -0.391 e. The number of pyridine rings is 1. The lowest BCUT2D eigenvalue weighted by Crippen LogP contribution is -2.57. The van der Waals surface area contributed by atoms with Crippen LogP contribution in [0.25, 0.3) is 16.5 Å². The van der Waals surface area contributed by atoms with Crippen LogP contribution in [0.15, 0.2) is 72.5 Å². The van der Waals surface area contributed by atoms with Crippen molar-refractivity contribution in [3.8, 4) is 10.4 Å². The smallest absolute Gasteiger partial charge is 0.274 e. The van der Waals surface area contributed by atoms with E-state index in [0.717, 1.165) is 123 Å². The molecule has 4 aliphatic rings. The van der Waals surface area contributed by atoms with E-state index in [9.17, 15) is 33.9 Å². The van der Waals surface area contributed by atoms with Gasteiger partial charge in [-0.15, -0.1) is 21.5 Å². The fourth-order valence-electron chi connectivity index (χ4n) is 11.6. The Labute approximate surface area is 481 Å². The van der Waals surface area contributed by atoms with E-state index < -0.39 is 23.6 Å². The average Bonchev–Trinajstić information content (AvgIpc) is 4.11. The Morgan fingerprint density at radius 2 is 1.54 bits per heavy atom. The summed E-state index contributed by atoms with van der Waals surface area (Å²) < 4.78 is 0. The van der Waals surface area contributed by atoms with Crippen molar-refractivity contribution in [1.82, 2.24) is 55.7 Å². The number of nitrogens with one attached hydrogen (secondary N) is 3. The molecule has 20 heteroatoms. The number of rotatable bonds is 23. The molecule has 4 N–H and O–H groups in total. The highest BCUT2D eigenvalue weighted by Crippen LogP contribution is 2.30. The highest BCUT2D eigenvalue weighted by molar-refractivity contribution is 7.13. The Morgan fingerprint density at radius 1 is 0.802 bits per heavy atom. The van der Waals surface area contributed by atoms with Crippen molar-refractivity contribution in [2.75, 3.05) is 70.3 Å². The molecular formula is C61H84N12O7S. The highest BCUT2D eigenvalue weighted by atomic mass is 32.1. The molecule has 0 aliphatic carbocycles. The number of carbonyl (C=O) groups is 6. The molecule has 4 aromatic rings. The second kappa shape index (κ2) is 29.4. The van der Waals surface area contributed by atoms with Gasteiger partial charge < -0.3 is 40.7 Å². The van der Waals surface area contributed by atoms with Crippen LogP contribution in [0.4, 0.5) is 5.82 Å². The third kappa shape index (κ3) is 17.4. The fraction of sp³-hybridized carbons (Fsp3) is 0.574. The predicted octanol–water partition coefficient (Wildman–Crippen LogP) is 6.42. The van der Waals surface area contributed by atoms with Gasteiger partial charge in [-0.3, -0.25) is 38.7 Å². The predicted molar refractivity (Wildman–Crippen MR) is 314 cm³/mol. The number of piperidine rings is 2. The maximum atomic E-state index is 14.1. The normalized spacial score (nSPS) is 19.0. The number of thiazole rings is 1. The number of amides is 6. The maximum absolute atomic E-state index is 14.1. The summed E-state index contributed by atoms with van der Waals surface area (Å²) >= 11 is 1.58. The zero-order valence-electron chi connectivity index (χ0n) is 47.9. The number of likely N-dealkylation sites (tertiary alicyclic amines) is 2. The van der Waals surface area contributed by atoms with Crippen LogP contribution in [0.2, 0.25) is 0 Å². The lowest BCUT2D eigenvalue weighted by atomic mass is 9.85. The van der Waals surface area contributed by atoms with Crippen LogP contribution in [0.5, 0.6) is 0 Å². The number of aliphatic hydroxyl groups is 1. The highest BCUT2D eigenvalue weighted by Gasteiger charge is 2.44. The molecular weight excluding hydrogens is 1040 g/mol. The van der Waals surface area contributed by atoms with Gasteiger partial charge in [0.2, 0.25) is 29.5 Å². The molecule has 6 amide bonds. The third-order valence-electron chi connectivity index (χ3n) is 16.4. The summed E-state index contributed by atoms with van der Waals surface area (Å²) in [5, 5.41) is 28.4. The number of benzene rings is 1. The van der Waals surface area contributed by atoms with Gasteiger partial charge in [0.15, 0.2) is 11.5 Å². The third-order valence-corrected chi connectivity index (χ3v) is 17.4. The van der Waals surface area contributed by atoms with Crippen LogP contribution in [-0.4, -0.2) is 170 Å². The second-order valence-corrected chi connectivity index (χ2v) is 24.3. The number of carbonyl (C=O) groups excluding carboxylic acids is 6. The fourth-order valence-corrected chi connectivity index (χ4v) is 12.4. The van der Waals surface area contributed by atoms with E-state index >= 15 is 0 Å². The van der Waals surface area contributed by atoms with Crippen LogP contribution >= 0.6 is 11.3 Å². The first-order valence-corrected chi connectivity index (χ1v) is 30.3. The first-order valence-electron chi connectivity index (χ1n) is 29.4. The Morgan fingerprint density at radius 3 is 2.21 bits per heavy atom. The SMILES string of the molecule is Cc1ncsc1-c1ccc(CNC(=O)[C@@H]2C[C@@H](O)CN2C(=O)[C@@H](NC(=O)CCCCCCC(=O)N2CCN(C3CCN(c4ccc(C(=O)N5CCC(CCCCNC(=O)/C=C/c6cccnc6)CC5)nn4)CC3)CC2)C(C)(C)C)cc1. The molecule has 0 spiro atoms. The number of anilines is 1. The van der Waals surface area contributed by atoms with Gasteiger partial charge in [-0.2, -0.15) is 0 Å². The standard InChI is InChI=1S/C61H84N12O7S/c1-43-56(81-42-65-43)47-19-16-46(17-20-47)40-64-58(78)51-38-49(74)41-73(51)60(80)57(61(2,3)4)66-54(76)14-7-5-6-8-15-55(77)71-36-34-69(35-37-71)48-26-32-70(33-27-48)52-22-21-50(67-68-52)59(79)72-30-24-44(25-31-72)12-9-10-29-63-53(75)23-18-45-13-11-28-62-39-45/h11,13,16-23,28,39,42,44,48-49,51,57,74H,5-10,12,14-15,24-27,29-38,40-41H2,1-4H3,(H,63,75)(H,64,78)(H,66,76)/b23-18+/t49-,51+,57-/m1/s1. The van der Waals surface area contributed by atoms with Gasteiger partial charge in [0.25, 0.3) is 5.91 Å². The monoisotopic (exact) mass is 1130 g/mol. The summed E-state index contributed by atoms with van der Waals surface area (Å²) in [6.45, 7) is 14.8.